The molecular weight excluding hydrogens is 185 g/mol. The van der Waals surface area contributed by atoms with Crippen LogP contribution in [0, 0.1) is 5.82 Å². The van der Waals surface area contributed by atoms with Gasteiger partial charge in [-0.15, -0.1) is 0 Å². The molecule has 2 aromatic rings. The molecule has 0 radical (unpaired) electrons. The Hall–Kier alpha value is -1.85. The van der Waals surface area contributed by atoms with E-state index in [0.717, 1.165) is 0 Å². The summed E-state index contributed by atoms with van der Waals surface area (Å²) in [4.78, 5) is 3.99. The Balaban J connectivity index is 2.57. The Morgan fingerprint density at radius 2 is 2.14 bits per heavy atom. The second kappa shape index (κ2) is 2.83. The van der Waals surface area contributed by atoms with Gasteiger partial charge in [0.05, 0.1) is 6.33 Å². The lowest BCUT2D eigenvalue weighted by Crippen LogP contribution is -1.97. The van der Waals surface area contributed by atoms with Gasteiger partial charge >= 0.3 is 0 Å². The molecule has 2 rings (SSSR count). The second-order valence-electron chi connectivity index (χ2n) is 3.10. The zero-order valence-electron chi connectivity index (χ0n) is 7.90. The van der Waals surface area contributed by atoms with Crippen molar-refractivity contribution in [3.05, 3.63) is 18.3 Å². The summed E-state index contributed by atoms with van der Waals surface area (Å²) in [5, 5.41) is 3.93. The van der Waals surface area contributed by atoms with Gasteiger partial charge in [0, 0.05) is 20.3 Å². The van der Waals surface area contributed by atoms with Crippen LogP contribution >= 0.6 is 0 Å². The molecule has 2 aromatic heterocycles. The SMILES string of the molecule is Cn1cnc(-c2nn(C)c(N)c2F)c1. The van der Waals surface area contributed by atoms with Crippen molar-refractivity contribution in [2.45, 2.75) is 0 Å². The maximum Gasteiger partial charge on any atom is 0.194 e. The van der Waals surface area contributed by atoms with Gasteiger partial charge in [-0.3, -0.25) is 0 Å². The number of rotatable bonds is 1. The summed E-state index contributed by atoms with van der Waals surface area (Å²) in [5.74, 6) is -0.503. The number of nitrogens with zero attached hydrogens (tertiary/aromatic N) is 4. The quantitative estimate of drug-likeness (QED) is 0.722. The fourth-order valence-electron chi connectivity index (χ4n) is 1.21. The van der Waals surface area contributed by atoms with E-state index >= 15 is 0 Å². The molecule has 0 spiro atoms. The van der Waals surface area contributed by atoms with Crippen LogP contribution in [0.15, 0.2) is 12.5 Å². The number of hydrogen-bond donors (Lipinski definition) is 1. The van der Waals surface area contributed by atoms with Crippen molar-refractivity contribution in [1.29, 1.82) is 0 Å². The third-order valence-corrected chi connectivity index (χ3v) is 1.98. The summed E-state index contributed by atoms with van der Waals surface area (Å²) in [6, 6.07) is 0. The Morgan fingerprint density at radius 1 is 1.43 bits per heavy atom. The van der Waals surface area contributed by atoms with E-state index in [1.165, 1.54) is 4.68 Å². The van der Waals surface area contributed by atoms with Crippen molar-refractivity contribution in [1.82, 2.24) is 19.3 Å². The minimum absolute atomic E-state index is 0.0191. The average Bonchev–Trinajstić information content (AvgIpc) is 2.66. The van der Waals surface area contributed by atoms with E-state index in [9.17, 15) is 4.39 Å². The summed E-state index contributed by atoms with van der Waals surface area (Å²) < 4.78 is 16.5. The molecule has 5 nitrogen and oxygen atoms in total. The largest absolute Gasteiger partial charge is 0.381 e. The van der Waals surface area contributed by atoms with Crippen LogP contribution in [0.25, 0.3) is 11.4 Å². The second-order valence-corrected chi connectivity index (χ2v) is 3.10. The van der Waals surface area contributed by atoms with E-state index in [1.54, 1.807) is 31.2 Å². The number of nitrogens with two attached hydrogens (primary N) is 1. The van der Waals surface area contributed by atoms with Crippen molar-refractivity contribution in [2.24, 2.45) is 14.1 Å². The predicted molar refractivity (Wildman–Crippen MR) is 49.8 cm³/mol. The number of aryl methyl sites for hydroxylation is 2. The minimum Gasteiger partial charge on any atom is -0.381 e. The molecule has 0 amide bonds. The first-order valence-corrected chi connectivity index (χ1v) is 4.06. The number of anilines is 1. The molecule has 74 valence electrons. The maximum atomic E-state index is 13.5. The molecule has 0 aliphatic heterocycles. The van der Waals surface area contributed by atoms with Gasteiger partial charge in [-0.05, 0) is 0 Å². The molecule has 0 unspecified atom stereocenters. The molecule has 6 heteroatoms. The lowest BCUT2D eigenvalue weighted by Gasteiger charge is -1.88. The summed E-state index contributed by atoms with van der Waals surface area (Å²) in [7, 11) is 3.39. The van der Waals surface area contributed by atoms with Crippen molar-refractivity contribution >= 4 is 5.82 Å². The average molecular weight is 195 g/mol. The molecule has 0 aromatic carbocycles. The third kappa shape index (κ3) is 1.15. The van der Waals surface area contributed by atoms with Crippen LogP contribution in [0.5, 0.6) is 0 Å². The van der Waals surface area contributed by atoms with Gasteiger partial charge in [-0.1, -0.05) is 0 Å². The monoisotopic (exact) mass is 195 g/mol. The standard InChI is InChI=1S/C8H10FN5/c1-13-3-5(11-4-13)7-6(9)8(10)14(2)12-7/h3-4H,10H2,1-2H3. The molecule has 0 atom stereocenters. The molecular formula is C8H10FN5. The van der Waals surface area contributed by atoms with E-state index < -0.39 is 5.82 Å². The van der Waals surface area contributed by atoms with Gasteiger partial charge in [-0.25, -0.2) is 14.1 Å². The Morgan fingerprint density at radius 3 is 2.57 bits per heavy atom. The summed E-state index contributed by atoms with van der Waals surface area (Å²) in [6.07, 6.45) is 3.27. The van der Waals surface area contributed by atoms with Crippen LogP contribution in [0.4, 0.5) is 10.2 Å². The molecule has 2 N–H and O–H groups in total. The number of imidazole rings is 1. The van der Waals surface area contributed by atoms with Gasteiger partial charge in [0.1, 0.15) is 5.69 Å². The zero-order valence-corrected chi connectivity index (χ0v) is 7.90. The highest BCUT2D eigenvalue weighted by Crippen LogP contribution is 2.22. The highest BCUT2D eigenvalue weighted by molar-refractivity contribution is 5.58. The highest BCUT2D eigenvalue weighted by Gasteiger charge is 2.16. The normalized spacial score (nSPS) is 10.8. The van der Waals surface area contributed by atoms with Crippen LogP contribution < -0.4 is 5.73 Å². The Kier molecular flexibility index (Phi) is 1.77. The maximum absolute atomic E-state index is 13.5. The van der Waals surface area contributed by atoms with E-state index in [2.05, 4.69) is 10.1 Å². The van der Waals surface area contributed by atoms with Gasteiger partial charge in [0.2, 0.25) is 0 Å². The van der Waals surface area contributed by atoms with Crippen LogP contribution in [0.2, 0.25) is 0 Å². The van der Waals surface area contributed by atoms with Crippen molar-refractivity contribution in [3.63, 3.8) is 0 Å². The smallest absolute Gasteiger partial charge is 0.194 e. The van der Waals surface area contributed by atoms with Crippen LogP contribution in [0.3, 0.4) is 0 Å². The van der Waals surface area contributed by atoms with Gasteiger partial charge in [0.15, 0.2) is 17.3 Å². The van der Waals surface area contributed by atoms with Gasteiger partial charge in [-0.2, -0.15) is 5.10 Å². The lowest BCUT2D eigenvalue weighted by molar-refractivity contribution is 0.633. The molecule has 0 saturated carbocycles. The number of aromatic nitrogens is 4. The highest BCUT2D eigenvalue weighted by atomic mass is 19.1. The summed E-state index contributed by atoms with van der Waals surface area (Å²) in [5.41, 5.74) is 6.11. The van der Waals surface area contributed by atoms with Crippen molar-refractivity contribution in [2.75, 3.05) is 5.73 Å². The molecule has 0 bridgehead atoms. The predicted octanol–water partition coefficient (Wildman–Crippen LogP) is 0.542. The first-order chi connectivity index (χ1) is 6.59. The summed E-state index contributed by atoms with van der Waals surface area (Å²) in [6.45, 7) is 0. The number of halogens is 1. The van der Waals surface area contributed by atoms with Crippen LogP contribution in [-0.4, -0.2) is 19.3 Å². The molecule has 0 aliphatic carbocycles. The van der Waals surface area contributed by atoms with E-state index in [4.69, 9.17) is 5.73 Å². The minimum atomic E-state index is -0.522. The molecule has 2 heterocycles. The van der Waals surface area contributed by atoms with Crippen LogP contribution in [-0.2, 0) is 14.1 Å². The van der Waals surface area contributed by atoms with Gasteiger partial charge < -0.3 is 10.3 Å². The lowest BCUT2D eigenvalue weighted by atomic mass is 10.3. The van der Waals surface area contributed by atoms with E-state index in [0.29, 0.717) is 5.69 Å². The molecule has 0 aliphatic rings. The van der Waals surface area contributed by atoms with E-state index in [-0.39, 0.29) is 11.5 Å². The number of nitrogen functional groups attached to an aromatic ring is 1. The topological polar surface area (TPSA) is 61.7 Å². The molecule has 0 fully saturated rings. The van der Waals surface area contributed by atoms with Crippen molar-refractivity contribution in [3.8, 4) is 11.4 Å². The van der Waals surface area contributed by atoms with Crippen LogP contribution in [0.1, 0.15) is 0 Å². The Bertz CT molecular complexity index is 470. The summed E-state index contributed by atoms with van der Waals surface area (Å²) >= 11 is 0. The molecule has 14 heavy (non-hydrogen) atoms. The first kappa shape index (κ1) is 8.74. The number of hydrogen-bond acceptors (Lipinski definition) is 3. The van der Waals surface area contributed by atoms with Gasteiger partial charge in [0.25, 0.3) is 0 Å². The molecule has 0 saturated heterocycles. The fraction of sp³-hybridized carbons (Fsp3) is 0.250. The zero-order chi connectivity index (χ0) is 10.3. The van der Waals surface area contributed by atoms with E-state index in [1.807, 2.05) is 0 Å². The fourth-order valence-corrected chi connectivity index (χ4v) is 1.21. The first-order valence-electron chi connectivity index (χ1n) is 4.06. The van der Waals surface area contributed by atoms with Crippen molar-refractivity contribution < 1.29 is 4.39 Å². The Labute approximate surface area is 80.0 Å². The third-order valence-electron chi connectivity index (χ3n) is 1.98.